The van der Waals surface area contributed by atoms with Crippen LogP contribution in [0, 0.1) is 13.8 Å². The molecule has 1 heterocycles. The third kappa shape index (κ3) is 3.59. The number of hydrogen-bond donors (Lipinski definition) is 3. The minimum absolute atomic E-state index is 0.0403. The first-order valence-electron chi connectivity index (χ1n) is 6.89. The monoisotopic (exact) mass is 292 g/mol. The minimum Gasteiger partial charge on any atom is -0.480 e. The van der Waals surface area contributed by atoms with Crippen LogP contribution in [0.3, 0.4) is 0 Å². The molecule has 114 valence electrons. The van der Waals surface area contributed by atoms with E-state index in [0.29, 0.717) is 0 Å². The third-order valence-electron chi connectivity index (χ3n) is 3.89. The Labute approximate surface area is 123 Å². The van der Waals surface area contributed by atoms with Gasteiger partial charge in [0, 0.05) is 18.7 Å². The predicted molar refractivity (Wildman–Crippen MR) is 78.2 cm³/mol. The number of benzene rings is 1. The van der Waals surface area contributed by atoms with Crippen LogP contribution in [0.25, 0.3) is 0 Å². The lowest BCUT2D eigenvalue weighted by atomic mass is 10.1. The van der Waals surface area contributed by atoms with E-state index in [4.69, 9.17) is 5.11 Å². The molecule has 1 saturated heterocycles. The number of rotatable bonds is 4. The minimum atomic E-state index is -1.01. The summed E-state index contributed by atoms with van der Waals surface area (Å²) in [6.07, 6.45) is -0.536. The Kier molecular flexibility index (Phi) is 4.59. The van der Waals surface area contributed by atoms with Crippen molar-refractivity contribution < 1.29 is 19.8 Å². The summed E-state index contributed by atoms with van der Waals surface area (Å²) in [5, 5.41) is 21.5. The molecule has 6 nitrogen and oxygen atoms in total. The second-order valence-corrected chi connectivity index (χ2v) is 5.47. The van der Waals surface area contributed by atoms with E-state index in [1.54, 1.807) is 0 Å². The molecule has 0 radical (unpaired) electrons. The summed E-state index contributed by atoms with van der Waals surface area (Å²) in [7, 11) is 0. The second-order valence-electron chi connectivity index (χ2n) is 5.47. The zero-order chi connectivity index (χ0) is 15.6. The highest BCUT2D eigenvalue weighted by Gasteiger charge is 2.36. The summed E-state index contributed by atoms with van der Waals surface area (Å²) in [5.41, 5.74) is 2.79. The van der Waals surface area contributed by atoms with E-state index in [1.165, 1.54) is 4.90 Å². The van der Waals surface area contributed by atoms with Crippen molar-refractivity contribution in [3.63, 3.8) is 0 Å². The van der Waals surface area contributed by atoms with Gasteiger partial charge in [0.1, 0.15) is 6.04 Å². The first kappa shape index (κ1) is 15.5. The highest BCUT2D eigenvalue weighted by Crippen LogP contribution is 2.20. The molecule has 0 aliphatic carbocycles. The van der Waals surface area contributed by atoms with Gasteiger partial charge in [-0.3, -0.25) is 14.5 Å². The maximum atomic E-state index is 12.1. The van der Waals surface area contributed by atoms with Gasteiger partial charge in [-0.15, -0.1) is 0 Å². The summed E-state index contributed by atoms with van der Waals surface area (Å²) in [4.78, 5) is 24.7. The number of nitrogens with one attached hydrogen (secondary N) is 1. The number of anilines is 1. The summed E-state index contributed by atoms with van der Waals surface area (Å²) in [6, 6.07) is 4.83. The number of carboxylic acids is 1. The van der Waals surface area contributed by atoms with E-state index in [0.717, 1.165) is 16.8 Å². The van der Waals surface area contributed by atoms with Gasteiger partial charge in [0.2, 0.25) is 5.91 Å². The number of carboxylic acid groups (broad SMARTS) is 1. The number of β-amino-alcohol motifs (C(OH)–C–C–N with tert-alkyl or cyclic N) is 1. The zero-order valence-corrected chi connectivity index (χ0v) is 12.2. The molecule has 1 aromatic carbocycles. The van der Waals surface area contributed by atoms with Crippen molar-refractivity contribution >= 4 is 17.6 Å². The van der Waals surface area contributed by atoms with Crippen LogP contribution in [-0.4, -0.2) is 52.2 Å². The van der Waals surface area contributed by atoms with Crippen molar-refractivity contribution in [1.82, 2.24) is 4.90 Å². The molecule has 0 bridgehead atoms. The lowest BCUT2D eigenvalue weighted by Crippen LogP contribution is -2.41. The molecular weight excluding hydrogens is 272 g/mol. The highest BCUT2D eigenvalue weighted by atomic mass is 16.4. The Hall–Kier alpha value is -1.92. The first-order chi connectivity index (χ1) is 9.88. The number of amides is 1. The SMILES string of the molecule is Cc1cccc(NC(=O)CN2CC(O)CC2C(=O)O)c1C. The maximum Gasteiger partial charge on any atom is 0.321 e. The predicted octanol–water partition coefficient (Wildman–Crippen LogP) is 0.762. The average Bonchev–Trinajstić information content (AvgIpc) is 2.76. The molecule has 0 spiro atoms. The van der Waals surface area contributed by atoms with Crippen molar-refractivity contribution in [2.45, 2.75) is 32.4 Å². The highest BCUT2D eigenvalue weighted by molar-refractivity contribution is 5.93. The summed E-state index contributed by atoms with van der Waals surface area (Å²) in [5.74, 6) is -1.28. The van der Waals surface area contributed by atoms with E-state index < -0.39 is 18.1 Å². The van der Waals surface area contributed by atoms with E-state index in [2.05, 4.69) is 5.32 Å². The van der Waals surface area contributed by atoms with Crippen molar-refractivity contribution in [2.24, 2.45) is 0 Å². The number of aryl methyl sites for hydroxylation is 1. The molecule has 1 aliphatic rings. The number of aliphatic carboxylic acids is 1. The van der Waals surface area contributed by atoms with Crippen LogP contribution in [-0.2, 0) is 9.59 Å². The van der Waals surface area contributed by atoms with E-state index in [1.807, 2.05) is 32.0 Å². The maximum absolute atomic E-state index is 12.1. The molecule has 1 aliphatic heterocycles. The number of likely N-dealkylation sites (tertiary alicyclic amines) is 1. The summed E-state index contributed by atoms with van der Waals surface area (Å²) < 4.78 is 0. The number of hydrogen-bond acceptors (Lipinski definition) is 4. The summed E-state index contributed by atoms with van der Waals surface area (Å²) >= 11 is 0. The van der Waals surface area contributed by atoms with Crippen LogP contribution in [0.2, 0.25) is 0 Å². The fourth-order valence-corrected chi connectivity index (χ4v) is 2.57. The fraction of sp³-hybridized carbons (Fsp3) is 0.467. The van der Waals surface area contributed by atoms with Gasteiger partial charge in [0.25, 0.3) is 0 Å². The van der Waals surface area contributed by atoms with E-state index >= 15 is 0 Å². The van der Waals surface area contributed by atoms with E-state index in [-0.39, 0.29) is 25.4 Å². The number of nitrogens with zero attached hydrogens (tertiary/aromatic N) is 1. The zero-order valence-electron chi connectivity index (χ0n) is 12.2. The third-order valence-corrected chi connectivity index (χ3v) is 3.89. The van der Waals surface area contributed by atoms with Crippen LogP contribution in [0.4, 0.5) is 5.69 Å². The largest absolute Gasteiger partial charge is 0.480 e. The topological polar surface area (TPSA) is 89.9 Å². The Morgan fingerprint density at radius 3 is 2.76 bits per heavy atom. The van der Waals surface area contributed by atoms with Crippen molar-refractivity contribution in [1.29, 1.82) is 0 Å². The number of aliphatic hydroxyl groups excluding tert-OH is 1. The van der Waals surface area contributed by atoms with Crippen molar-refractivity contribution in [2.75, 3.05) is 18.4 Å². The van der Waals surface area contributed by atoms with Gasteiger partial charge in [0.05, 0.1) is 12.6 Å². The normalized spacial score (nSPS) is 22.2. The number of carbonyl (C=O) groups excluding carboxylic acids is 1. The van der Waals surface area contributed by atoms with Crippen molar-refractivity contribution in [3.05, 3.63) is 29.3 Å². The van der Waals surface area contributed by atoms with Crippen LogP contribution in [0.15, 0.2) is 18.2 Å². The standard InChI is InChI=1S/C15H20N2O4/c1-9-4-3-5-12(10(9)2)16-14(19)8-17-7-11(18)6-13(17)15(20)21/h3-5,11,13,18H,6-8H2,1-2H3,(H,16,19)(H,20,21). The molecule has 2 unspecified atom stereocenters. The molecular formula is C15H20N2O4. The molecule has 0 saturated carbocycles. The molecule has 21 heavy (non-hydrogen) atoms. The Balaban J connectivity index is 2.01. The molecule has 0 aromatic heterocycles. The summed E-state index contributed by atoms with van der Waals surface area (Å²) in [6.45, 7) is 4.05. The first-order valence-corrected chi connectivity index (χ1v) is 6.89. The Morgan fingerprint density at radius 2 is 2.10 bits per heavy atom. The molecule has 2 atom stereocenters. The number of aliphatic hydroxyl groups is 1. The Morgan fingerprint density at radius 1 is 1.38 bits per heavy atom. The lowest BCUT2D eigenvalue weighted by molar-refractivity contribution is -0.142. The van der Waals surface area contributed by atoms with Gasteiger partial charge < -0.3 is 15.5 Å². The van der Waals surface area contributed by atoms with Crippen LogP contribution < -0.4 is 5.32 Å². The van der Waals surface area contributed by atoms with Crippen LogP contribution in [0.5, 0.6) is 0 Å². The van der Waals surface area contributed by atoms with Crippen LogP contribution in [0.1, 0.15) is 17.5 Å². The lowest BCUT2D eigenvalue weighted by Gasteiger charge is -2.20. The molecule has 1 amide bonds. The van der Waals surface area contributed by atoms with Gasteiger partial charge in [0.15, 0.2) is 0 Å². The second kappa shape index (κ2) is 6.24. The van der Waals surface area contributed by atoms with Gasteiger partial charge in [-0.1, -0.05) is 12.1 Å². The van der Waals surface area contributed by atoms with Gasteiger partial charge >= 0.3 is 5.97 Å². The van der Waals surface area contributed by atoms with Crippen LogP contribution >= 0.6 is 0 Å². The van der Waals surface area contributed by atoms with E-state index in [9.17, 15) is 14.7 Å². The Bertz CT molecular complexity index is 559. The quantitative estimate of drug-likeness (QED) is 0.762. The van der Waals surface area contributed by atoms with Gasteiger partial charge in [-0.25, -0.2) is 0 Å². The molecule has 3 N–H and O–H groups in total. The molecule has 2 rings (SSSR count). The van der Waals surface area contributed by atoms with Crippen molar-refractivity contribution in [3.8, 4) is 0 Å². The number of carbonyl (C=O) groups is 2. The average molecular weight is 292 g/mol. The fourth-order valence-electron chi connectivity index (χ4n) is 2.57. The smallest absolute Gasteiger partial charge is 0.321 e. The van der Waals surface area contributed by atoms with Gasteiger partial charge in [-0.2, -0.15) is 0 Å². The molecule has 1 aromatic rings. The molecule has 6 heteroatoms. The molecule has 1 fully saturated rings. The van der Waals surface area contributed by atoms with Gasteiger partial charge in [-0.05, 0) is 31.0 Å².